The second kappa shape index (κ2) is 3.01. The Labute approximate surface area is 61.2 Å². The summed E-state index contributed by atoms with van der Waals surface area (Å²) in [6.45, 7) is 4.09. The number of hydrogen-bond donors (Lipinski definition) is 2. The summed E-state index contributed by atoms with van der Waals surface area (Å²) in [6.07, 6.45) is 3.02. The van der Waals surface area contributed by atoms with Crippen molar-refractivity contribution in [1.29, 1.82) is 0 Å². The monoisotopic (exact) mass is 142 g/mol. The lowest BCUT2D eigenvalue weighted by atomic mass is 9.87. The quantitative estimate of drug-likeness (QED) is 0.424. The Morgan fingerprint density at radius 3 is 2.90 bits per heavy atom. The van der Waals surface area contributed by atoms with Crippen LogP contribution < -0.4 is 10.6 Å². The van der Waals surface area contributed by atoms with Gasteiger partial charge in [0.2, 0.25) is 6.41 Å². The van der Waals surface area contributed by atoms with Crippen LogP contribution in [0.15, 0.2) is 0 Å². The lowest BCUT2D eigenvalue weighted by Gasteiger charge is -2.40. The third kappa shape index (κ3) is 1.70. The maximum Gasteiger partial charge on any atom is 0.207 e. The predicted octanol–water partition coefficient (Wildman–Crippen LogP) is -0.126. The molecule has 0 bridgehead atoms. The van der Waals surface area contributed by atoms with Gasteiger partial charge >= 0.3 is 0 Å². The summed E-state index contributed by atoms with van der Waals surface area (Å²) in [4.78, 5) is 9.87. The molecule has 3 heteroatoms. The molecule has 1 rings (SSSR count). The molecule has 0 aliphatic carbocycles. The standard InChI is InChI=1S/C7H14N2O/c1-7(3-5-9-7)2-4-8-6-10/h6,9H,2-5H2,1H3,(H,8,10)/t7-/m1/s1. The van der Waals surface area contributed by atoms with Crippen molar-refractivity contribution < 1.29 is 4.79 Å². The molecule has 0 spiro atoms. The Morgan fingerprint density at radius 1 is 1.80 bits per heavy atom. The predicted molar refractivity (Wildman–Crippen MR) is 39.7 cm³/mol. The summed E-state index contributed by atoms with van der Waals surface area (Å²) in [6, 6.07) is 0. The molecule has 0 aromatic heterocycles. The summed E-state index contributed by atoms with van der Waals surface area (Å²) >= 11 is 0. The van der Waals surface area contributed by atoms with E-state index in [-0.39, 0.29) is 0 Å². The highest BCUT2D eigenvalue weighted by molar-refractivity contribution is 5.45. The van der Waals surface area contributed by atoms with E-state index in [1.54, 1.807) is 0 Å². The first-order valence-corrected chi connectivity index (χ1v) is 3.69. The first-order valence-electron chi connectivity index (χ1n) is 3.69. The Hall–Kier alpha value is -0.570. The molecular formula is C7H14N2O. The van der Waals surface area contributed by atoms with Crippen molar-refractivity contribution in [2.24, 2.45) is 0 Å². The number of amides is 1. The van der Waals surface area contributed by atoms with Gasteiger partial charge in [0.05, 0.1) is 0 Å². The normalized spacial score (nSPS) is 30.9. The topological polar surface area (TPSA) is 41.1 Å². The van der Waals surface area contributed by atoms with E-state index in [2.05, 4.69) is 17.6 Å². The number of carbonyl (C=O) groups is 1. The molecule has 1 amide bonds. The molecule has 2 N–H and O–H groups in total. The van der Waals surface area contributed by atoms with Crippen LogP contribution in [0.1, 0.15) is 19.8 Å². The van der Waals surface area contributed by atoms with E-state index in [4.69, 9.17) is 0 Å². The lowest BCUT2D eigenvalue weighted by Crippen LogP contribution is -2.55. The molecule has 0 radical (unpaired) electrons. The van der Waals surface area contributed by atoms with E-state index in [0.717, 1.165) is 25.9 Å². The largest absolute Gasteiger partial charge is 0.359 e. The second-order valence-corrected chi connectivity index (χ2v) is 3.06. The van der Waals surface area contributed by atoms with Gasteiger partial charge in [0.1, 0.15) is 0 Å². The molecule has 1 saturated heterocycles. The summed E-state index contributed by atoms with van der Waals surface area (Å²) in [7, 11) is 0. The van der Waals surface area contributed by atoms with Crippen molar-refractivity contribution in [3.05, 3.63) is 0 Å². The zero-order valence-corrected chi connectivity index (χ0v) is 6.31. The van der Waals surface area contributed by atoms with Crippen molar-refractivity contribution in [1.82, 2.24) is 10.6 Å². The highest BCUT2D eigenvalue weighted by Gasteiger charge is 2.29. The van der Waals surface area contributed by atoms with Gasteiger partial charge in [-0.25, -0.2) is 0 Å². The Morgan fingerprint density at radius 2 is 2.50 bits per heavy atom. The van der Waals surface area contributed by atoms with Gasteiger partial charge in [-0.2, -0.15) is 0 Å². The van der Waals surface area contributed by atoms with Crippen LogP contribution in [-0.2, 0) is 4.79 Å². The second-order valence-electron chi connectivity index (χ2n) is 3.06. The van der Waals surface area contributed by atoms with Gasteiger partial charge in [-0.05, 0) is 26.3 Å². The van der Waals surface area contributed by atoms with Gasteiger partial charge in [0.25, 0.3) is 0 Å². The summed E-state index contributed by atoms with van der Waals surface area (Å²) in [5.41, 5.74) is 0.302. The highest BCUT2D eigenvalue weighted by atomic mass is 16.1. The van der Waals surface area contributed by atoms with Crippen LogP contribution in [0.4, 0.5) is 0 Å². The molecule has 0 saturated carbocycles. The van der Waals surface area contributed by atoms with Gasteiger partial charge in [-0.1, -0.05) is 0 Å². The molecule has 3 nitrogen and oxygen atoms in total. The minimum atomic E-state index is 0.302. The van der Waals surface area contributed by atoms with Crippen molar-refractivity contribution in [2.45, 2.75) is 25.3 Å². The maximum atomic E-state index is 9.87. The first-order chi connectivity index (χ1) is 4.77. The smallest absolute Gasteiger partial charge is 0.207 e. The van der Waals surface area contributed by atoms with Crippen LogP contribution in [0.25, 0.3) is 0 Å². The third-order valence-corrected chi connectivity index (χ3v) is 2.13. The average molecular weight is 142 g/mol. The van der Waals surface area contributed by atoms with Crippen LogP contribution in [0.5, 0.6) is 0 Å². The fourth-order valence-electron chi connectivity index (χ4n) is 1.17. The molecule has 1 aliphatic rings. The van der Waals surface area contributed by atoms with E-state index in [0.29, 0.717) is 5.54 Å². The van der Waals surface area contributed by atoms with Crippen LogP contribution >= 0.6 is 0 Å². The van der Waals surface area contributed by atoms with E-state index in [9.17, 15) is 4.79 Å². The molecule has 0 aromatic rings. The minimum Gasteiger partial charge on any atom is -0.359 e. The van der Waals surface area contributed by atoms with Crippen LogP contribution in [0, 0.1) is 0 Å². The van der Waals surface area contributed by atoms with Gasteiger partial charge in [-0.3, -0.25) is 4.79 Å². The Kier molecular flexibility index (Phi) is 2.27. The van der Waals surface area contributed by atoms with Crippen molar-refractivity contribution in [2.75, 3.05) is 13.1 Å². The first kappa shape index (κ1) is 7.54. The molecule has 1 heterocycles. The van der Waals surface area contributed by atoms with Crippen LogP contribution in [0.3, 0.4) is 0 Å². The van der Waals surface area contributed by atoms with Gasteiger partial charge in [0.15, 0.2) is 0 Å². The summed E-state index contributed by atoms with van der Waals surface area (Å²) in [5, 5.41) is 5.98. The van der Waals surface area contributed by atoms with E-state index < -0.39 is 0 Å². The van der Waals surface area contributed by atoms with E-state index >= 15 is 0 Å². The Bertz CT molecular complexity index is 121. The molecule has 1 fully saturated rings. The Balaban J connectivity index is 2.06. The zero-order chi connectivity index (χ0) is 7.45. The fourth-order valence-corrected chi connectivity index (χ4v) is 1.17. The van der Waals surface area contributed by atoms with Gasteiger partial charge < -0.3 is 10.6 Å². The molecule has 58 valence electrons. The number of nitrogens with one attached hydrogen (secondary N) is 2. The number of rotatable bonds is 4. The number of carbonyl (C=O) groups excluding carboxylic acids is 1. The number of hydrogen-bond acceptors (Lipinski definition) is 2. The SMILES string of the molecule is C[C@@]1(CCNC=O)CCN1. The van der Waals surface area contributed by atoms with Crippen LogP contribution in [-0.4, -0.2) is 25.0 Å². The summed E-state index contributed by atoms with van der Waals surface area (Å²) in [5.74, 6) is 0. The minimum absolute atomic E-state index is 0.302. The molecular weight excluding hydrogens is 128 g/mol. The van der Waals surface area contributed by atoms with Crippen molar-refractivity contribution in [3.63, 3.8) is 0 Å². The fraction of sp³-hybridized carbons (Fsp3) is 0.857. The van der Waals surface area contributed by atoms with Crippen LogP contribution in [0.2, 0.25) is 0 Å². The van der Waals surface area contributed by atoms with E-state index in [1.807, 2.05) is 0 Å². The van der Waals surface area contributed by atoms with E-state index in [1.165, 1.54) is 6.42 Å². The third-order valence-electron chi connectivity index (χ3n) is 2.13. The van der Waals surface area contributed by atoms with Gasteiger partial charge in [-0.15, -0.1) is 0 Å². The molecule has 0 unspecified atom stereocenters. The maximum absolute atomic E-state index is 9.87. The average Bonchev–Trinajstić information content (AvgIpc) is 1.85. The molecule has 10 heavy (non-hydrogen) atoms. The molecule has 1 atom stereocenters. The van der Waals surface area contributed by atoms with Gasteiger partial charge in [0, 0.05) is 12.1 Å². The van der Waals surface area contributed by atoms with Crippen molar-refractivity contribution in [3.8, 4) is 0 Å². The molecule has 0 aromatic carbocycles. The zero-order valence-electron chi connectivity index (χ0n) is 6.31. The summed E-state index contributed by atoms with van der Waals surface area (Å²) < 4.78 is 0. The molecule has 1 aliphatic heterocycles. The van der Waals surface area contributed by atoms with Crippen molar-refractivity contribution >= 4 is 6.41 Å². The lowest BCUT2D eigenvalue weighted by molar-refractivity contribution is -0.109. The highest BCUT2D eigenvalue weighted by Crippen LogP contribution is 2.20.